The minimum absolute atomic E-state index is 0.000671. The molecule has 0 spiro atoms. The van der Waals surface area contributed by atoms with Crippen LogP contribution in [0.25, 0.3) is 11.1 Å². The molecule has 1 amide bonds. The summed E-state index contributed by atoms with van der Waals surface area (Å²) >= 11 is 11.5. The minimum atomic E-state index is -1.28. The fourth-order valence-electron chi connectivity index (χ4n) is 3.62. The molecular formula is C21H22Cl2FNO3. The lowest BCUT2D eigenvalue weighted by Gasteiger charge is -2.33. The first-order valence-electron chi connectivity index (χ1n) is 8.93. The zero-order chi connectivity index (χ0) is 20.5. The molecule has 1 fully saturated rings. The molecule has 1 aliphatic rings. The maximum absolute atomic E-state index is 13.9. The molecule has 1 aliphatic heterocycles. The summed E-state index contributed by atoms with van der Waals surface area (Å²) in [5.41, 5.74) is 2.57. The average molecular weight is 426 g/mol. The number of alkyl halides is 3. The van der Waals surface area contributed by atoms with Crippen LogP contribution in [0.4, 0.5) is 4.39 Å². The van der Waals surface area contributed by atoms with Crippen LogP contribution in [0.15, 0.2) is 48.5 Å². The summed E-state index contributed by atoms with van der Waals surface area (Å²) in [6.45, 7) is 2.62. The molecule has 1 N–H and O–H groups in total. The van der Waals surface area contributed by atoms with Gasteiger partial charge >= 0.3 is 0 Å². The Morgan fingerprint density at radius 2 is 1.68 bits per heavy atom. The Morgan fingerprint density at radius 1 is 1.14 bits per heavy atom. The first-order chi connectivity index (χ1) is 13.3. The van der Waals surface area contributed by atoms with Gasteiger partial charge in [0.25, 0.3) is 5.91 Å². The largest absolute Gasteiger partial charge is 0.392 e. The number of hydrogen-bond acceptors (Lipinski definition) is 3. The number of amides is 1. The predicted molar refractivity (Wildman–Crippen MR) is 108 cm³/mol. The number of aliphatic hydroxyl groups is 1. The van der Waals surface area contributed by atoms with Gasteiger partial charge in [-0.05, 0) is 36.1 Å². The van der Waals surface area contributed by atoms with Crippen molar-refractivity contribution >= 4 is 29.1 Å². The normalized spacial score (nSPS) is 21.3. The van der Waals surface area contributed by atoms with E-state index in [9.17, 15) is 9.18 Å². The predicted octanol–water partition coefficient (Wildman–Crippen LogP) is 4.62. The third-order valence-electron chi connectivity index (χ3n) is 4.97. The molecule has 1 saturated heterocycles. The number of rotatable bonds is 5. The lowest BCUT2D eigenvalue weighted by atomic mass is 9.98. The molecule has 0 aromatic heterocycles. The van der Waals surface area contributed by atoms with Crippen molar-refractivity contribution in [2.24, 2.45) is 0 Å². The molecule has 0 aliphatic carbocycles. The highest BCUT2D eigenvalue weighted by atomic mass is 35.5. The summed E-state index contributed by atoms with van der Waals surface area (Å²) in [6.07, 6.45) is -0.623. The molecule has 0 bridgehead atoms. The van der Waals surface area contributed by atoms with Gasteiger partial charge in [0.05, 0.1) is 12.6 Å². The third-order valence-corrected chi connectivity index (χ3v) is 5.34. The van der Waals surface area contributed by atoms with E-state index in [1.165, 1.54) is 4.90 Å². The van der Waals surface area contributed by atoms with Gasteiger partial charge in [0.2, 0.25) is 0 Å². The van der Waals surface area contributed by atoms with Crippen LogP contribution < -0.4 is 0 Å². The molecule has 3 rings (SSSR count). The highest BCUT2D eigenvalue weighted by Crippen LogP contribution is 2.42. The van der Waals surface area contributed by atoms with E-state index >= 15 is 0 Å². The van der Waals surface area contributed by atoms with Crippen LogP contribution in [-0.4, -0.2) is 39.2 Å². The molecule has 2 aromatic carbocycles. The SMILES string of the molecule is CC1(C)OC(c2ccc(-c3ccc(CO)cc3)cc2)C(CF)N1C(=O)C(Cl)Cl. The molecule has 0 saturated carbocycles. The quantitative estimate of drug-likeness (QED) is 0.710. The van der Waals surface area contributed by atoms with Crippen molar-refractivity contribution in [3.63, 3.8) is 0 Å². The molecule has 1 heterocycles. The average Bonchev–Trinajstić information content (AvgIpc) is 2.97. The zero-order valence-corrected chi connectivity index (χ0v) is 17.1. The maximum atomic E-state index is 13.9. The van der Waals surface area contributed by atoms with Crippen molar-refractivity contribution in [3.8, 4) is 11.1 Å². The number of ether oxygens (including phenoxy) is 1. The van der Waals surface area contributed by atoms with E-state index in [0.29, 0.717) is 0 Å². The number of halogens is 3. The van der Waals surface area contributed by atoms with E-state index in [1.807, 2.05) is 48.5 Å². The fourth-order valence-corrected chi connectivity index (χ4v) is 3.83. The number of aliphatic hydroxyl groups excluding tert-OH is 1. The second kappa shape index (κ2) is 8.37. The van der Waals surface area contributed by atoms with Gasteiger partial charge in [-0.15, -0.1) is 0 Å². The van der Waals surface area contributed by atoms with Crippen molar-refractivity contribution in [3.05, 3.63) is 59.7 Å². The van der Waals surface area contributed by atoms with Crippen LogP contribution >= 0.6 is 23.2 Å². The van der Waals surface area contributed by atoms with E-state index < -0.39 is 35.3 Å². The minimum Gasteiger partial charge on any atom is -0.392 e. The van der Waals surface area contributed by atoms with Gasteiger partial charge in [-0.1, -0.05) is 71.7 Å². The van der Waals surface area contributed by atoms with Crippen molar-refractivity contribution in [1.82, 2.24) is 4.90 Å². The number of carbonyl (C=O) groups is 1. The summed E-state index contributed by atoms with van der Waals surface area (Å²) in [7, 11) is 0. The molecular weight excluding hydrogens is 404 g/mol. The van der Waals surface area contributed by atoms with Crippen molar-refractivity contribution in [2.75, 3.05) is 6.67 Å². The molecule has 28 heavy (non-hydrogen) atoms. The smallest absolute Gasteiger partial charge is 0.258 e. The highest BCUT2D eigenvalue weighted by molar-refractivity contribution is 6.53. The molecule has 2 unspecified atom stereocenters. The lowest BCUT2D eigenvalue weighted by molar-refractivity contribution is -0.145. The monoisotopic (exact) mass is 425 g/mol. The van der Waals surface area contributed by atoms with Gasteiger partial charge in [0.15, 0.2) is 4.84 Å². The van der Waals surface area contributed by atoms with Crippen LogP contribution in [0.1, 0.15) is 31.1 Å². The Labute approximate surface area is 173 Å². The molecule has 150 valence electrons. The lowest BCUT2D eigenvalue weighted by Crippen LogP contribution is -2.50. The van der Waals surface area contributed by atoms with E-state index in [4.69, 9.17) is 33.0 Å². The van der Waals surface area contributed by atoms with E-state index in [2.05, 4.69) is 0 Å². The fraction of sp³-hybridized carbons (Fsp3) is 0.381. The van der Waals surface area contributed by atoms with Gasteiger partial charge in [-0.2, -0.15) is 0 Å². The van der Waals surface area contributed by atoms with Crippen LogP contribution in [0.5, 0.6) is 0 Å². The zero-order valence-electron chi connectivity index (χ0n) is 15.6. The molecule has 2 atom stereocenters. The number of nitrogens with zero attached hydrogens (tertiary/aromatic N) is 1. The Morgan fingerprint density at radius 3 is 2.14 bits per heavy atom. The third kappa shape index (κ3) is 4.03. The number of benzene rings is 2. The number of hydrogen-bond donors (Lipinski definition) is 1. The Kier molecular flexibility index (Phi) is 6.30. The maximum Gasteiger partial charge on any atom is 0.258 e. The Bertz CT molecular complexity index is 825. The second-order valence-electron chi connectivity index (χ2n) is 7.19. The van der Waals surface area contributed by atoms with Crippen LogP contribution in [0, 0.1) is 0 Å². The molecule has 4 nitrogen and oxygen atoms in total. The van der Waals surface area contributed by atoms with Crippen LogP contribution in [0.3, 0.4) is 0 Å². The summed E-state index contributed by atoms with van der Waals surface area (Å²) in [5.74, 6) is -0.570. The molecule has 0 radical (unpaired) electrons. The summed E-state index contributed by atoms with van der Waals surface area (Å²) < 4.78 is 19.9. The Hall–Kier alpha value is -1.66. The summed E-state index contributed by atoms with van der Waals surface area (Å²) in [4.78, 5) is 12.4. The van der Waals surface area contributed by atoms with Crippen molar-refractivity contribution < 1.29 is 19.0 Å². The topological polar surface area (TPSA) is 49.8 Å². The van der Waals surface area contributed by atoms with Crippen LogP contribution in [0.2, 0.25) is 0 Å². The van der Waals surface area contributed by atoms with E-state index in [-0.39, 0.29) is 6.61 Å². The standard InChI is InChI=1S/C21H22Cl2FNO3/c1-21(2)25(20(27)19(22)23)17(11-24)18(28-21)16-9-7-15(8-10-16)14-5-3-13(12-26)4-6-14/h3-10,17-19,26H,11-12H2,1-2H3. The van der Waals surface area contributed by atoms with Crippen LogP contribution in [-0.2, 0) is 16.1 Å². The summed E-state index contributed by atoms with van der Waals surface area (Å²) in [5, 5.41) is 9.15. The molecule has 2 aromatic rings. The van der Waals surface area contributed by atoms with Crippen molar-refractivity contribution in [2.45, 2.75) is 43.2 Å². The Balaban J connectivity index is 1.87. The van der Waals surface area contributed by atoms with E-state index in [0.717, 1.165) is 22.3 Å². The summed E-state index contributed by atoms with van der Waals surface area (Å²) in [6, 6.07) is 14.4. The van der Waals surface area contributed by atoms with Gasteiger partial charge in [0.1, 0.15) is 18.5 Å². The first-order valence-corrected chi connectivity index (χ1v) is 9.81. The van der Waals surface area contributed by atoms with Crippen molar-refractivity contribution in [1.29, 1.82) is 0 Å². The first kappa shape index (κ1) is 21.1. The van der Waals surface area contributed by atoms with Gasteiger partial charge in [-0.25, -0.2) is 4.39 Å². The van der Waals surface area contributed by atoms with Gasteiger partial charge < -0.3 is 14.7 Å². The van der Waals surface area contributed by atoms with Gasteiger partial charge in [-0.3, -0.25) is 4.79 Å². The van der Waals surface area contributed by atoms with Gasteiger partial charge in [0, 0.05) is 0 Å². The van der Waals surface area contributed by atoms with E-state index in [1.54, 1.807) is 13.8 Å². The molecule has 7 heteroatoms. The number of carbonyl (C=O) groups excluding carboxylic acids is 1. The highest BCUT2D eigenvalue weighted by Gasteiger charge is 2.51. The second-order valence-corrected chi connectivity index (χ2v) is 8.29.